The minimum Gasteiger partial charge on any atom is -0.768 e. The lowest BCUT2D eigenvalue weighted by Gasteiger charge is -2.25. The summed E-state index contributed by atoms with van der Waals surface area (Å²) < 4.78 is 36.3. The summed E-state index contributed by atoms with van der Waals surface area (Å²) in [5.41, 5.74) is 10.3. The van der Waals surface area contributed by atoms with Crippen molar-refractivity contribution in [2.75, 3.05) is 30.9 Å². The molecule has 0 bridgehead atoms. The molecule has 2 fully saturated rings. The fourth-order valence-electron chi connectivity index (χ4n) is 4.47. The Hall–Kier alpha value is -3.37. The second-order valence-electron chi connectivity index (χ2n) is 8.21. The topological polar surface area (TPSA) is 131 Å². The standard InChI is InChI=1S/C16H15N3O3.C7H8O3S.H2/c17-14-11-8-16(3-4-16)12-2-1-9(19-5-6-21-15(19)20)7-10(12)13(11)22-18-14;1-10-6-4-2-3-5-7(6)11(8)9;/h1-2,7H,3-6,8H2,(H2,17,18);2-5H,1H3,(H,8,9);1H/p-1. The molecule has 2 aromatic carbocycles. The number of nitrogens with zero attached hydrogens (tertiary/aromatic N) is 2. The van der Waals surface area contributed by atoms with E-state index >= 15 is 0 Å². The Labute approximate surface area is 194 Å². The number of hydrogen-bond donors (Lipinski definition) is 1. The second-order valence-corrected chi connectivity index (χ2v) is 9.12. The second kappa shape index (κ2) is 8.20. The van der Waals surface area contributed by atoms with E-state index in [0.717, 1.165) is 41.8 Å². The largest absolute Gasteiger partial charge is 0.768 e. The van der Waals surface area contributed by atoms with Crippen molar-refractivity contribution < 1.29 is 29.0 Å². The molecule has 0 radical (unpaired) electrons. The van der Waals surface area contributed by atoms with E-state index in [9.17, 15) is 13.6 Å². The Bertz CT molecular complexity index is 1260. The van der Waals surface area contributed by atoms with Gasteiger partial charge in [0, 0.05) is 23.7 Å². The van der Waals surface area contributed by atoms with Gasteiger partial charge in [0.25, 0.3) is 0 Å². The molecular weight excluding hydrogens is 446 g/mol. The van der Waals surface area contributed by atoms with E-state index in [1.165, 1.54) is 18.7 Å². The van der Waals surface area contributed by atoms with E-state index in [4.69, 9.17) is 19.7 Å². The summed E-state index contributed by atoms with van der Waals surface area (Å²) in [6, 6.07) is 12.6. The Morgan fingerprint density at radius 1 is 1.27 bits per heavy atom. The van der Waals surface area contributed by atoms with Crippen LogP contribution in [0.15, 0.2) is 51.9 Å². The first-order valence-electron chi connectivity index (χ1n) is 10.5. The van der Waals surface area contributed by atoms with Crippen LogP contribution in [0.4, 0.5) is 16.3 Å². The first-order chi connectivity index (χ1) is 15.9. The quantitative estimate of drug-likeness (QED) is 0.574. The van der Waals surface area contributed by atoms with E-state index in [0.29, 0.717) is 24.7 Å². The lowest BCUT2D eigenvalue weighted by Crippen LogP contribution is -2.24. The van der Waals surface area contributed by atoms with Gasteiger partial charge in [-0.3, -0.25) is 9.11 Å². The Balaban J connectivity index is 0.000000196. The van der Waals surface area contributed by atoms with Crippen LogP contribution in [0.25, 0.3) is 11.3 Å². The van der Waals surface area contributed by atoms with Gasteiger partial charge >= 0.3 is 6.09 Å². The predicted octanol–water partition coefficient (Wildman–Crippen LogP) is 3.65. The molecule has 1 amide bonds. The van der Waals surface area contributed by atoms with Crippen LogP contribution >= 0.6 is 0 Å². The maximum absolute atomic E-state index is 11.8. The minimum absolute atomic E-state index is 0. The van der Waals surface area contributed by atoms with Gasteiger partial charge in [-0.2, -0.15) is 0 Å². The van der Waals surface area contributed by atoms with Crippen molar-refractivity contribution in [1.82, 2.24) is 5.16 Å². The Morgan fingerprint density at radius 2 is 2.06 bits per heavy atom. The Kier molecular flexibility index (Phi) is 5.34. The number of hydrogen-bond acceptors (Lipinski definition) is 8. The molecule has 10 heteroatoms. The third kappa shape index (κ3) is 3.75. The molecule has 6 rings (SSSR count). The van der Waals surface area contributed by atoms with E-state index in [-0.39, 0.29) is 17.8 Å². The molecule has 33 heavy (non-hydrogen) atoms. The monoisotopic (exact) mass is 470 g/mol. The molecule has 2 heterocycles. The zero-order valence-corrected chi connectivity index (χ0v) is 18.7. The minimum atomic E-state index is -2.22. The lowest BCUT2D eigenvalue weighted by atomic mass is 9.79. The molecule has 2 aliphatic carbocycles. The van der Waals surface area contributed by atoms with Gasteiger partial charge < -0.3 is 24.3 Å². The fraction of sp³-hybridized carbons (Fsp3) is 0.304. The van der Waals surface area contributed by atoms with Crippen molar-refractivity contribution in [3.63, 3.8) is 0 Å². The van der Waals surface area contributed by atoms with Crippen molar-refractivity contribution in [2.45, 2.75) is 29.6 Å². The highest BCUT2D eigenvalue weighted by molar-refractivity contribution is 7.79. The van der Waals surface area contributed by atoms with E-state index in [2.05, 4.69) is 11.2 Å². The van der Waals surface area contributed by atoms with Gasteiger partial charge in [0.05, 0.1) is 18.6 Å². The van der Waals surface area contributed by atoms with Gasteiger partial charge in [-0.05, 0) is 60.2 Å². The number of benzene rings is 2. The van der Waals surface area contributed by atoms with Gasteiger partial charge in [-0.25, -0.2) is 4.79 Å². The highest BCUT2D eigenvalue weighted by Crippen LogP contribution is 2.58. The number of para-hydroxylation sites is 1. The van der Waals surface area contributed by atoms with Crippen LogP contribution in [0.2, 0.25) is 0 Å². The smallest absolute Gasteiger partial charge is 0.414 e. The van der Waals surface area contributed by atoms with Crippen LogP contribution in [0.1, 0.15) is 25.4 Å². The number of fused-ring (bicyclic) bond motifs is 4. The average Bonchev–Trinajstić information content (AvgIpc) is 3.31. The van der Waals surface area contributed by atoms with Gasteiger partial charge in [0.15, 0.2) is 11.6 Å². The lowest BCUT2D eigenvalue weighted by molar-refractivity contribution is 0.181. The van der Waals surface area contributed by atoms with Crippen LogP contribution in [0.5, 0.6) is 5.75 Å². The third-order valence-corrected chi connectivity index (χ3v) is 7.02. The molecule has 2 N–H and O–H groups in total. The van der Waals surface area contributed by atoms with Crippen LogP contribution in [0, 0.1) is 0 Å². The summed E-state index contributed by atoms with van der Waals surface area (Å²) >= 11 is -2.22. The number of aromatic nitrogens is 1. The number of carbonyl (C=O) groups excluding carboxylic acids is 1. The number of anilines is 2. The highest BCUT2D eigenvalue weighted by Gasteiger charge is 2.50. The molecular formula is C23H24N3O6S-. The van der Waals surface area contributed by atoms with E-state index in [1.807, 2.05) is 12.1 Å². The van der Waals surface area contributed by atoms with Crippen LogP contribution < -0.4 is 15.4 Å². The molecule has 3 aliphatic rings. The van der Waals surface area contributed by atoms with Crippen molar-refractivity contribution in [3.8, 4) is 17.1 Å². The summed E-state index contributed by atoms with van der Waals surface area (Å²) in [6.07, 6.45) is 2.93. The molecule has 9 nitrogen and oxygen atoms in total. The molecule has 1 spiro atoms. The SMILES string of the molecule is COc1ccccc1S(=O)[O-].Nc1noc2c1CC1(CC1)c1ccc(N3CCOC3=O)cc1-2.[HH]. The normalized spacial score (nSPS) is 18.0. The average molecular weight is 471 g/mol. The number of amides is 1. The molecule has 174 valence electrons. The van der Waals surface area contributed by atoms with Crippen LogP contribution in [-0.2, 0) is 27.7 Å². The van der Waals surface area contributed by atoms with Crippen molar-refractivity contribution >= 4 is 28.7 Å². The Morgan fingerprint density at radius 3 is 2.70 bits per heavy atom. The number of nitrogen functional groups attached to an aromatic ring is 1. The third-order valence-electron chi connectivity index (χ3n) is 6.33. The summed E-state index contributed by atoms with van der Waals surface area (Å²) in [6.45, 7) is 1.01. The zero-order chi connectivity index (χ0) is 23.2. The number of methoxy groups -OCH3 is 1. The zero-order valence-electron chi connectivity index (χ0n) is 17.9. The molecule has 1 unspecified atom stereocenters. The number of cyclic esters (lactones) is 1. The summed E-state index contributed by atoms with van der Waals surface area (Å²) in [5.74, 6) is 1.61. The van der Waals surface area contributed by atoms with Crippen molar-refractivity contribution in [1.29, 1.82) is 0 Å². The summed E-state index contributed by atoms with van der Waals surface area (Å²) in [5, 5.41) is 3.93. The molecule has 3 aromatic rings. The van der Waals surface area contributed by atoms with E-state index in [1.54, 1.807) is 23.1 Å². The highest BCUT2D eigenvalue weighted by atomic mass is 32.2. The number of ether oxygens (including phenoxy) is 2. The van der Waals surface area contributed by atoms with Crippen molar-refractivity contribution in [2.24, 2.45) is 0 Å². The fourth-order valence-corrected chi connectivity index (χ4v) is 4.97. The van der Waals surface area contributed by atoms with Crippen LogP contribution in [-0.4, -0.2) is 40.3 Å². The predicted molar refractivity (Wildman–Crippen MR) is 122 cm³/mol. The van der Waals surface area contributed by atoms with Crippen molar-refractivity contribution in [3.05, 3.63) is 53.6 Å². The van der Waals surface area contributed by atoms with Crippen LogP contribution in [0.3, 0.4) is 0 Å². The first-order valence-corrected chi connectivity index (χ1v) is 11.6. The number of nitrogens with two attached hydrogens (primary N) is 1. The first kappa shape index (κ1) is 21.5. The molecule has 1 aromatic heterocycles. The van der Waals surface area contributed by atoms with Gasteiger partial charge in [-0.15, -0.1) is 0 Å². The molecule has 1 atom stereocenters. The maximum Gasteiger partial charge on any atom is 0.414 e. The maximum atomic E-state index is 11.8. The summed E-state index contributed by atoms with van der Waals surface area (Å²) in [7, 11) is 1.44. The van der Waals surface area contributed by atoms with Gasteiger partial charge in [0.1, 0.15) is 12.4 Å². The summed E-state index contributed by atoms with van der Waals surface area (Å²) in [4.78, 5) is 13.6. The molecule has 1 saturated carbocycles. The molecule has 1 aliphatic heterocycles. The van der Waals surface area contributed by atoms with Gasteiger partial charge in [0.2, 0.25) is 0 Å². The molecule has 1 saturated heterocycles. The van der Waals surface area contributed by atoms with E-state index < -0.39 is 11.1 Å². The van der Waals surface area contributed by atoms with Gasteiger partial charge in [-0.1, -0.05) is 23.4 Å². The number of carbonyl (C=O) groups is 1. The number of rotatable bonds is 3.